The van der Waals surface area contributed by atoms with Gasteiger partial charge >= 0.3 is 13.3 Å². The van der Waals surface area contributed by atoms with Crippen molar-refractivity contribution in [2.75, 3.05) is 0 Å². The molecule has 0 radical (unpaired) electrons. The van der Waals surface area contributed by atoms with Gasteiger partial charge < -0.3 is 9.31 Å². The van der Waals surface area contributed by atoms with Gasteiger partial charge in [-0.05, 0) is 27.7 Å². The van der Waals surface area contributed by atoms with Gasteiger partial charge in [-0.25, -0.2) is 4.39 Å². The van der Waals surface area contributed by atoms with E-state index in [-0.39, 0.29) is 5.46 Å². The predicted octanol–water partition coefficient (Wildman–Crippen LogP) is 2.95. The van der Waals surface area contributed by atoms with Crippen molar-refractivity contribution in [3.8, 4) is 0 Å². The van der Waals surface area contributed by atoms with Gasteiger partial charge in [0.1, 0.15) is 0 Å². The second-order valence-corrected chi connectivity index (χ2v) is 6.04. The zero-order valence-electron chi connectivity index (χ0n) is 12.2. The summed E-state index contributed by atoms with van der Waals surface area (Å²) in [5.41, 5.74) is -1.56. The molecule has 3 nitrogen and oxygen atoms in total. The summed E-state index contributed by atoms with van der Waals surface area (Å²) in [5, 5.41) is 0. The maximum atomic E-state index is 13.4. The third-order valence-electron chi connectivity index (χ3n) is 3.89. The number of rotatable bonds is 2. The Balaban J connectivity index is 2.28. The summed E-state index contributed by atoms with van der Waals surface area (Å²) in [5.74, 6) is 0. The fraction of sp³-hybridized carbons (Fsp3) is 0.615. The highest BCUT2D eigenvalue weighted by molar-refractivity contribution is 6.62. The van der Waals surface area contributed by atoms with Gasteiger partial charge in [0, 0.05) is 23.4 Å². The maximum absolute atomic E-state index is 13.4. The number of hydrogen-bond acceptors (Lipinski definition) is 3. The zero-order chi connectivity index (χ0) is 16.1. The van der Waals surface area contributed by atoms with Crippen LogP contribution in [0.3, 0.4) is 0 Å². The number of pyridine rings is 1. The first-order valence-corrected chi connectivity index (χ1v) is 6.45. The fourth-order valence-electron chi connectivity index (χ4n) is 1.91. The normalized spacial score (nSPS) is 22.4. The SMILES string of the molecule is CC1(C)OB(c2cncc(C(F)C(F)(F)F)c2)OC1(C)C. The average molecular weight is 305 g/mol. The first-order valence-electron chi connectivity index (χ1n) is 6.45. The summed E-state index contributed by atoms with van der Waals surface area (Å²) in [6.07, 6.45) is -5.87. The molecule has 0 amide bonds. The molecule has 21 heavy (non-hydrogen) atoms. The van der Waals surface area contributed by atoms with Crippen LogP contribution in [-0.4, -0.2) is 29.5 Å². The third kappa shape index (κ3) is 3.06. The minimum atomic E-state index is -4.96. The van der Waals surface area contributed by atoms with E-state index in [0.717, 1.165) is 12.3 Å². The molecule has 0 N–H and O–H groups in total. The maximum Gasteiger partial charge on any atom is 0.496 e. The first-order chi connectivity index (χ1) is 9.44. The molecule has 1 fully saturated rings. The second-order valence-electron chi connectivity index (χ2n) is 6.04. The van der Waals surface area contributed by atoms with E-state index in [1.54, 1.807) is 0 Å². The smallest absolute Gasteiger partial charge is 0.399 e. The van der Waals surface area contributed by atoms with Gasteiger partial charge in [0.2, 0.25) is 6.17 Å². The molecule has 1 aromatic rings. The molecule has 8 heteroatoms. The van der Waals surface area contributed by atoms with Crippen LogP contribution < -0.4 is 5.46 Å². The average Bonchev–Trinajstić information content (AvgIpc) is 2.57. The van der Waals surface area contributed by atoms with Gasteiger partial charge in [0.25, 0.3) is 0 Å². The molecule has 0 saturated carbocycles. The van der Waals surface area contributed by atoms with Crippen molar-refractivity contribution in [3.63, 3.8) is 0 Å². The molecule has 0 aliphatic carbocycles. The number of halogens is 4. The third-order valence-corrected chi connectivity index (χ3v) is 3.89. The Morgan fingerprint density at radius 3 is 2.10 bits per heavy atom. The highest BCUT2D eigenvalue weighted by Crippen LogP contribution is 2.37. The summed E-state index contributed by atoms with van der Waals surface area (Å²) in [6.45, 7) is 7.27. The number of aromatic nitrogens is 1. The molecule has 1 saturated heterocycles. The van der Waals surface area contributed by atoms with Crippen LogP contribution in [0.1, 0.15) is 39.4 Å². The van der Waals surface area contributed by atoms with Gasteiger partial charge in [-0.1, -0.05) is 6.07 Å². The summed E-state index contributed by atoms with van der Waals surface area (Å²) >= 11 is 0. The minimum Gasteiger partial charge on any atom is -0.399 e. The van der Waals surface area contributed by atoms with Crippen LogP contribution in [0.25, 0.3) is 0 Å². The van der Waals surface area contributed by atoms with E-state index in [4.69, 9.17) is 9.31 Å². The van der Waals surface area contributed by atoms with Gasteiger partial charge in [-0.2, -0.15) is 13.2 Å². The summed E-state index contributed by atoms with van der Waals surface area (Å²) in [7, 11) is -0.872. The molecule has 1 aliphatic heterocycles. The van der Waals surface area contributed by atoms with Crippen LogP contribution in [0.15, 0.2) is 18.5 Å². The highest BCUT2D eigenvalue weighted by atomic mass is 19.4. The zero-order valence-corrected chi connectivity index (χ0v) is 12.2. The highest BCUT2D eigenvalue weighted by Gasteiger charge is 2.52. The van der Waals surface area contributed by atoms with Gasteiger partial charge in [0.15, 0.2) is 0 Å². The summed E-state index contributed by atoms with van der Waals surface area (Å²) in [4.78, 5) is 3.66. The Kier molecular flexibility index (Phi) is 3.82. The molecule has 0 spiro atoms. The Bertz CT molecular complexity index is 517. The van der Waals surface area contributed by atoms with Crippen molar-refractivity contribution in [2.45, 2.75) is 51.2 Å². The summed E-state index contributed by atoms with van der Waals surface area (Å²) < 4.78 is 62.0. The van der Waals surface area contributed by atoms with Crippen molar-refractivity contribution in [1.29, 1.82) is 0 Å². The van der Waals surface area contributed by atoms with Crippen LogP contribution in [0.4, 0.5) is 17.6 Å². The minimum absolute atomic E-state index is 0.262. The lowest BCUT2D eigenvalue weighted by Crippen LogP contribution is -2.41. The van der Waals surface area contributed by atoms with E-state index in [9.17, 15) is 17.6 Å². The fourth-order valence-corrected chi connectivity index (χ4v) is 1.91. The lowest BCUT2D eigenvalue weighted by Gasteiger charge is -2.32. The molecular weight excluding hydrogens is 289 g/mol. The van der Waals surface area contributed by atoms with E-state index >= 15 is 0 Å². The largest absolute Gasteiger partial charge is 0.496 e. The van der Waals surface area contributed by atoms with Crippen LogP contribution in [-0.2, 0) is 9.31 Å². The van der Waals surface area contributed by atoms with E-state index in [1.807, 2.05) is 27.7 Å². The van der Waals surface area contributed by atoms with E-state index in [0.29, 0.717) is 0 Å². The quantitative estimate of drug-likeness (QED) is 0.622. The monoisotopic (exact) mass is 305 g/mol. The van der Waals surface area contributed by atoms with Crippen molar-refractivity contribution >= 4 is 12.6 Å². The van der Waals surface area contributed by atoms with Crippen molar-refractivity contribution < 1.29 is 26.9 Å². The van der Waals surface area contributed by atoms with Gasteiger partial charge in [-0.3, -0.25) is 4.98 Å². The molecule has 1 aliphatic rings. The van der Waals surface area contributed by atoms with Crippen LogP contribution in [0.2, 0.25) is 0 Å². The number of nitrogens with zero attached hydrogens (tertiary/aromatic N) is 1. The molecule has 0 aromatic carbocycles. The first kappa shape index (κ1) is 16.2. The molecule has 0 bridgehead atoms. The van der Waals surface area contributed by atoms with E-state index in [1.165, 1.54) is 6.20 Å². The molecule has 1 unspecified atom stereocenters. The lowest BCUT2D eigenvalue weighted by molar-refractivity contribution is -0.182. The Labute approximate surface area is 120 Å². The van der Waals surface area contributed by atoms with Crippen LogP contribution >= 0.6 is 0 Å². The molecule has 1 atom stereocenters. The summed E-state index contributed by atoms with van der Waals surface area (Å²) in [6, 6.07) is 1.08. The molecule has 2 rings (SSSR count). The van der Waals surface area contributed by atoms with Crippen molar-refractivity contribution in [2.24, 2.45) is 0 Å². The van der Waals surface area contributed by atoms with E-state index in [2.05, 4.69) is 4.98 Å². The van der Waals surface area contributed by atoms with Crippen LogP contribution in [0, 0.1) is 0 Å². The Hall–Kier alpha value is -1.15. The predicted molar refractivity (Wildman–Crippen MR) is 69.9 cm³/mol. The van der Waals surface area contributed by atoms with E-state index < -0.39 is 36.2 Å². The molecule has 1 aromatic heterocycles. The topological polar surface area (TPSA) is 31.4 Å². The van der Waals surface area contributed by atoms with Crippen molar-refractivity contribution in [3.05, 3.63) is 24.0 Å². The van der Waals surface area contributed by atoms with Crippen LogP contribution in [0.5, 0.6) is 0 Å². The lowest BCUT2D eigenvalue weighted by atomic mass is 9.79. The molecular formula is C13H16BF4NO2. The molecule has 2 heterocycles. The van der Waals surface area contributed by atoms with Gasteiger partial charge in [0.05, 0.1) is 11.2 Å². The number of alkyl halides is 4. The Morgan fingerprint density at radius 1 is 1.10 bits per heavy atom. The second kappa shape index (κ2) is 4.95. The Morgan fingerprint density at radius 2 is 1.62 bits per heavy atom. The molecule has 116 valence electrons. The van der Waals surface area contributed by atoms with Gasteiger partial charge in [-0.15, -0.1) is 0 Å². The standard InChI is InChI=1S/C13H16BF4NO2/c1-11(2)12(3,4)21-14(20-11)9-5-8(6-19-7-9)10(15)13(16,17)18/h5-7,10H,1-4H3. The number of hydrogen-bond donors (Lipinski definition) is 0. The van der Waals surface area contributed by atoms with Crippen molar-refractivity contribution in [1.82, 2.24) is 4.98 Å².